The Bertz CT molecular complexity index is 183. The molecule has 0 amide bonds. The van der Waals surface area contributed by atoms with Gasteiger partial charge in [0.2, 0.25) is 0 Å². The van der Waals surface area contributed by atoms with Crippen molar-refractivity contribution >= 4 is 6.21 Å². The highest BCUT2D eigenvalue weighted by molar-refractivity contribution is 5.77. The van der Waals surface area contributed by atoms with Gasteiger partial charge in [0, 0.05) is 6.42 Å². The molecule has 1 saturated carbocycles. The van der Waals surface area contributed by atoms with Crippen molar-refractivity contribution in [2.24, 2.45) is 11.1 Å². The van der Waals surface area contributed by atoms with Crippen molar-refractivity contribution < 1.29 is 4.84 Å². The highest BCUT2D eigenvalue weighted by Gasteiger charge is 2.19. The van der Waals surface area contributed by atoms with Crippen LogP contribution in [0, 0.1) is 17.8 Å². The van der Waals surface area contributed by atoms with Crippen LogP contribution in [0.1, 0.15) is 25.7 Å². The first kappa shape index (κ1) is 8.13. The third-order valence-electron chi connectivity index (χ3n) is 1.70. The maximum absolute atomic E-state index is 4.45. The topological polar surface area (TPSA) is 21.6 Å². The molecule has 1 rings (SSSR count). The summed E-state index contributed by atoms with van der Waals surface area (Å²) in [7, 11) is 1.52. The smallest absolute Gasteiger partial charge is 0.116 e. The van der Waals surface area contributed by atoms with Crippen molar-refractivity contribution in [3.63, 3.8) is 0 Å². The lowest BCUT2D eigenvalue weighted by atomic mass is 10.2. The average Bonchev–Trinajstić information content (AvgIpc) is 2.80. The molecule has 0 heterocycles. The summed E-state index contributed by atoms with van der Waals surface area (Å²) in [4.78, 5) is 4.45. The lowest BCUT2D eigenvalue weighted by molar-refractivity contribution is 0.216. The molecule has 1 fully saturated rings. The second kappa shape index (κ2) is 4.79. The van der Waals surface area contributed by atoms with Crippen LogP contribution in [0.5, 0.6) is 0 Å². The molecule has 0 aromatic rings. The van der Waals surface area contributed by atoms with E-state index in [1.165, 1.54) is 32.6 Å². The molecule has 1 aliphatic carbocycles. The number of hydrogen-bond acceptors (Lipinski definition) is 2. The van der Waals surface area contributed by atoms with Crippen molar-refractivity contribution in [3.05, 3.63) is 0 Å². The molecule has 0 radical (unpaired) electrons. The van der Waals surface area contributed by atoms with Crippen LogP contribution in [-0.2, 0) is 4.84 Å². The Morgan fingerprint density at radius 3 is 3.09 bits per heavy atom. The zero-order valence-corrected chi connectivity index (χ0v) is 6.84. The first-order valence-electron chi connectivity index (χ1n) is 3.97. The molecule has 2 nitrogen and oxygen atoms in total. The van der Waals surface area contributed by atoms with Gasteiger partial charge < -0.3 is 4.84 Å². The molecule has 0 aromatic carbocycles. The van der Waals surface area contributed by atoms with Crippen molar-refractivity contribution in [2.45, 2.75) is 25.7 Å². The molecule has 0 bridgehead atoms. The van der Waals surface area contributed by atoms with Crippen LogP contribution in [0.25, 0.3) is 0 Å². The third kappa shape index (κ3) is 4.44. The summed E-state index contributed by atoms with van der Waals surface area (Å²) < 4.78 is 0. The molecule has 2 heteroatoms. The molecule has 60 valence electrons. The number of rotatable bonds is 3. The highest BCUT2D eigenvalue weighted by atomic mass is 16.6. The maximum atomic E-state index is 4.45. The van der Waals surface area contributed by atoms with Crippen LogP contribution in [0.15, 0.2) is 5.16 Å². The van der Waals surface area contributed by atoms with E-state index in [1.807, 2.05) is 0 Å². The molecular formula is C9H13NO. The Kier molecular flexibility index (Phi) is 3.54. The summed E-state index contributed by atoms with van der Waals surface area (Å²) in [6.07, 6.45) is 6.57. The van der Waals surface area contributed by atoms with E-state index in [2.05, 4.69) is 21.8 Å². The van der Waals surface area contributed by atoms with Crippen LogP contribution in [0.3, 0.4) is 0 Å². The highest BCUT2D eigenvalue weighted by Crippen LogP contribution is 2.33. The van der Waals surface area contributed by atoms with E-state index in [0.717, 1.165) is 12.3 Å². The monoisotopic (exact) mass is 151 g/mol. The van der Waals surface area contributed by atoms with Gasteiger partial charge >= 0.3 is 0 Å². The number of nitrogens with zero attached hydrogens (tertiary/aromatic N) is 1. The van der Waals surface area contributed by atoms with Gasteiger partial charge in [-0.2, -0.15) is 0 Å². The van der Waals surface area contributed by atoms with Gasteiger partial charge in [-0.25, -0.2) is 0 Å². The number of hydrogen-bond donors (Lipinski definition) is 0. The minimum absolute atomic E-state index is 0.976. The molecule has 0 atom stereocenters. The molecule has 0 aliphatic heterocycles. The van der Waals surface area contributed by atoms with Crippen LogP contribution in [0.2, 0.25) is 0 Å². The summed E-state index contributed by atoms with van der Waals surface area (Å²) in [5.74, 6) is 6.79. The Labute approximate surface area is 67.6 Å². The number of oxime groups is 1. The SMILES string of the molecule is CON=CC#CCCC1CC1. The third-order valence-corrected chi connectivity index (χ3v) is 1.70. The first-order chi connectivity index (χ1) is 5.43. The molecule has 0 N–H and O–H groups in total. The molecule has 0 unspecified atom stereocenters. The van der Waals surface area contributed by atoms with E-state index in [4.69, 9.17) is 0 Å². The lowest BCUT2D eigenvalue weighted by Crippen LogP contribution is -1.74. The quantitative estimate of drug-likeness (QED) is 0.342. The normalized spacial score (nSPS) is 16.1. The fourth-order valence-electron chi connectivity index (χ4n) is 0.880. The predicted octanol–water partition coefficient (Wildman–Crippen LogP) is 1.81. The van der Waals surface area contributed by atoms with Gasteiger partial charge in [0.15, 0.2) is 0 Å². The Balaban J connectivity index is 1.97. The van der Waals surface area contributed by atoms with Crippen LogP contribution >= 0.6 is 0 Å². The van der Waals surface area contributed by atoms with E-state index in [9.17, 15) is 0 Å². The van der Waals surface area contributed by atoms with Crippen molar-refractivity contribution in [1.29, 1.82) is 0 Å². The predicted molar refractivity (Wildman–Crippen MR) is 45.2 cm³/mol. The van der Waals surface area contributed by atoms with Gasteiger partial charge in [0.05, 0.1) is 0 Å². The van der Waals surface area contributed by atoms with Gasteiger partial charge in [-0.15, -0.1) is 0 Å². The fraction of sp³-hybridized carbons (Fsp3) is 0.667. The minimum Gasteiger partial charge on any atom is -0.399 e. The van der Waals surface area contributed by atoms with Crippen LogP contribution in [0.4, 0.5) is 0 Å². The summed E-state index contributed by atoms with van der Waals surface area (Å²) in [6, 6.07) is 0. The largest absolute Gasteiger partial charge is 0.399 e. The van der Waals surface area contributed by atoms with Gasteiger partial charge in [-0.05, 0) is 12.3 Å². The Morgan fingerprint density at radius 2 is 2.45 bits per heavy atom. The van der Waals surface area contributed by atoms with Crippen molar-refractivity contribution in [1.82, 2.24) is 0 Å². The van der Waals surface area contributed by atoms with Crippen LogP contribution in [-0.4, -0.2) is 13.3 Å². The summed E-state index contributed by atoms with van der Waals surface area (Å²) >= 11 is 0. The Morgan fingerprint density at radius 1 is 1.64 bits per heavy atom. The van der Waals surface area contributed by atoms with Gasteiger partial charge in [0.1, 0.15) is 13.3 Å². The van der Waals surface area contributed by atoms with E-state index in [-0.39, 0.29) is 0 Å². The zero-order valence-electron chi connectivity index (χ0n) is 6.84. The fourth-order valence-corrected chi connectivity index (χ4v) is 0.880. The first-order valence-corrected chi connectivity index (χ1v) is 3.97. The van der Waals surface area contributed by atoms with E-state index < -0.39 is 0 Å². The Hall–Kier alpha value is -0.970. The van der Waals surface area contributed by atoms with E-state index >= 15 is 0 Å². The summed E-state index contributed by atoms with van der Waals surface area (Å²) in [6.45, 7) is 0. The second-order valence-electron chi connectivity index (χ2n) is 2.72. The van der Waals surface area contributed by atoms with Gasteiger partial charge in [-0.3, -0.25) is 0 Å². The van der Waals surface area contributed by atoms with Crippen molar-refractivity contribution in [2.75, 3.05) is 7.11 Å². The van der Waals surface area contributed by atoms with E-state index in [0.29, 0.717) is 0 Å². The molecule has 11 heavy (non-hydrogen) atoms. The summed E-state index contributed by atoms with van der Waals surface area (Å²) in [5.41, 5.74) is 0. The molecule has 0 spiro atoms. The minimum atomic E-state index is 0.976. The lowest BCUT2D eigenvalue weighted by Gasteiger charge is -1.84. The van der Waals surface area contributed by atoms with Gasteiger partial charge in [0.25, 0.3) is 0 Å². The maximum Gasteiger partial charge on any atom is 0.116 e. The molecule has 0 aromatic heterocycles. The van der Waals surface area contributed by atoms with Crippen LogP contribution < -0.4 is 0 Å². The molecule has 0 saturated heterocycles. The zero-order chi connectivity index (χ0) is 7.94. The van der Waals surface area contributed by atoms with Crippen molar-refractivity contribution in [3.8, 4) is 11.8 Å². The average molecular weight is 151 g/mol. The standard InChI is InChI=1S/C9H13NO/c1-11-10-8-4-2-3-5-9-6-7-9/h8-9H,3,5-7H2,1H3. The molecule has 1 aliphatic rings. The molecular weight excluding hydrogens is 138 g/mol. The second-order valence-corrected chi connectivity index (χ2v) is 2.72. The summed E-state index contributed by atoms with van der Waals surface area (Å²) in [5, 5.41) is 3.51. The van der Waals surface area contributed by atoms with E-state index in [1.54, 1.807) is 0 Å². The van der Waals surface area contributed by atoms with Gasteiger partial charge in [-0.1, -0.05) is 29.8 Å².